The smallest absolute Gasteiger partial charge is 0.228 e. The van der Waals surface area contributed by atoms with Crippen molar-refractivity contribution in [3.63, 3.8) is 0 Å². The number of ether oxygens (including phenoxy) is 1. The van der Waals surface area contributed by atoms with Crippen molar-refractivity contribution >= 4 is 22.5 Å². The van der Waals surface area contributed by atoms with Crippen LogP contribution in [0.1, 0.15) is 39.0 Å². The molecular weight excluding hydrogens is 380 g/mol. The first-order chi connectivity index (χ1) is 14.6. The fourth-order valence-corrected chi connectivity index (χ4v) is 4.36. The van der Waals surface area contributed by atoms with Gasteiger partial charge in [0.1, 0.15) is 5.65 Å². The van der Waals surface area contributed by atoms with E-state index >= 15 is 0 Å². The molecule has 4 aromatic heterocycles. The molecule has 5 rings (SSSR count). The Bertz CT molecular complexity index is 1190. The number of aromatic amines is 1. The van der Waals surface area contributed by atoms with E-state index in [0.29, 0.717) is 11.8 Å². The molecule has 0 saturated heterocycles. The third kappa shape index (κ3) is 3.27. The van der Waals surface area contributed by atoms with Crippen molar-refractivity contribution in [2.45, 2.75) is 50.7 Å². The monoisotopic (exact) mass is 406 g/mol. The van der Waals surface area contributed by atoms with Crippen molar-refractivity contribution in [1.29, 1.82) is 0 Å². The average Bonchev–Trinajstić information content (AvgIpc) is 3.41. The van der Waals surface area contributed by atoms with Crippen LogP contribution < -0.4 is 10.1 Å². The second-order valence-electron chi connectivity index (χ2n) is 8.10. The highest BCUT2D eigenvalue weighted by atomic mass is 16.5. The van der Waals surface area contributed by atoms with Gasteiger partial charge in [-0.1, -0.05) is 6.92 Å². The molecule has 1 saturated carbocycles. The molecule has 0 radical (unpaired) electrons. The summed E-state index contributed by atoms with van der Waals surface area (Å²) in [6, 6.07) is 6.32. The van der Waals surface area contributed by atoms with Crippen molar-refractivity contribution in [2.24, 2.45) is 0 Å². The van der Waals surface area contributed by atoms with Crippen LogP contribution in [0, 0.1) is 0 Å². The van der Waals surface area contributed by atoms with Crippen LogP contribution in [0.3, 0.4) is 0 Å². The highest BCUT2D eigenvalue weighted by molar-refractivity contribution is 5.98. The van der Waals surface area contributed by atoms with Gasteiger partial charge in [0.25, 0.3) is 0 Å². The quantitative estimate of drug-likeness (QED) is 0.466. The number of nitrogens with one attached hydrogen (secondary N) is 2. The number of hydrogen-bond donors (Lipinski definition) is 3. The van der Waals surface area contributed by atoms with Crippen LogP contribution in [0.15, 0.2) is 36.8 Å². The molecular formula is C22H26N6O2. The van der Waals surface area contributed by atoms with E-state index in [4.69, 9.17) is 9.72 Å². The normalized spacial score (nSPS) is 21.9. The third-order valence-corrected chi connectivity index (χ3v) is 6.31. The largest absolute Gasteiger partial charge is 0.480 e. The van der Waals surface area contributed by atoms with Gasteiger partial charge < -0.3 is 20.1 Å². The van der Waals surface area contributed by atoms with Crippen LogP contribution in [-0.4, -0.2) is 48.4 Å². The predicted octanol–water partition coefficient (Wildman–Crippen LogP) is 3.78. The van der Waals surface area contributed by atoms with Gasteiger partial charge in [0.2, 0.25) is 11.8 Å². The fourth-order valence-electron chi connectivity index (χ4n) is 4.36. The molecule has 3 N–H and O–H groups in total. The van der Waals surface area contributed by atoms with Crippen molar-refractivity contribution in [2.75, 3.05) is 12.4 Å². The Kier molecular flexibility index (Phi) is 4.58. The first kappa shape index (κ1) is 18.9. The van der Waals surface area contributed by atoms with Gasteiger partial charge in [0.15, 0.2) is 0 Å². The number of H-pyrrole nitrogens is 1. The lowest BCUT2D eigenvalue weighted by molar-refractivity contribution is -0.00198. The van der Waals surface area contributed by atoms with Crippen molar-refractivity contribution < 1.29 is 9.84 Å². The van der Waals surface area contributed by atoms with Crippen molar-refractivity contribution in [3.8, 4) is 17.0 Å². The Morgan fingerprint density at radius 3 is 2.90 bits per heavy atom. The van der Waals surface area contributed by atoms with E-state index < -0.39 is 5.60 Å². The molecule has 0 aromatic carbocycles. The molecule has 1 fully saturated rings. The number of nitrogens with zero attached hydrogens (tertiary/aromatic N) is 4. The number of anilines is 1. The van der Waals surface area contributed by atoms with Gasteiger partial charge in [-0.15, -0.1) is 0 Å². The summed E-state index contributed by atoms with van der Waals surface area (Å²) in [5, 5.41) is 19.0. The standard InChI is InChI=1S/C22H26N6O2/c1-3-22(29)8-4-15(5-9-22)25-21-26-19-18(20(27-21)30-2)17(13-23-19)14-7-11-28-16(12-14)6-10-24-28/h6-7,10-13,15,29H,3-5,8-9H2,1-2H3,(H2,23,25,26,27)/t15-,22+. The minimum absolute atomic E-state index is 0.248. The second-order valence-corrected chi connectivity index (χ2v) is 8.10. The summed E-state index contributed by atoms with van der Waals surface area (Å²) in [7, 11) is 1.63. The summed E-state index contributed by atoms with van der Waals surface area (Å²) < 4.78 is 7.46. The van der Waals surface area contributed by atoms with E-state index in [0.717, 1.165) is 59.8 Å². The molecule has 4 aromatic rings. The molecule has 0 spiro atoms. The maximum Gasteiger partial charge on any atom is 0.228 e. The number of methoxy groups -OCH3 is 1. The fraction of sp³-hybridized carbons (Fsp3) is 0.409. The molecule has 1 aliphatic carbocycles. The number of aromatic nitrogens is 5. The van der Waals surface area contributed by atoms with Gasteiger partial charge in [0.05, 0.1) is 23.6 Å². The number of rotatable bonds is 5. The maximum atomic E-state index is 10.5. The van der Waals surface area contributed by atoms with E-state index in [1.807, 2.05) is 36.0 Å². The third-order valence-electron chi connectivity index (χ3n) is 6.31. The number of fused-ring (bicyclic) bond motifs is 2. The molecule has 0 atom stereocenters. The Hall–Kier alpha value is -3.13. The zero-order chi connectivity index (χ0) is 20.7. The maximum absolute atomic E-state index is 10.5. The number of hydrogen-bond acceptors (Lipinski definition) is 6. The van der Waals surface area contributed by atoms with Crippen molar-refractivity contribution in [1.82, 2.24) is 24.6 Å². The summed E-state index contributed by atoms with van der Waals surface area (Å²) in [6.07, 6.45) is 9.84. The molecule has 0 aliphatic heterocycles. The molecule has 8 nitrogen and oxygen atoms in total. The van der Waals surface area contributed by atoms with Gasteiger partial charge in [-0.3, -0.25) is 0 Å². The molecule has 0 unspecified atom stereocenters. The Morgan fingerprint density at radius 1 is 1.30 bits per heavy atom. The second kappa shape index (κ2) is 7.28. The number of pyridine rings is 1. The Labute approximate surface area is 174 Å². The summed E-state index contributed by atoms with van der Waals surface area (Å²) in [4.78, 5) is 12.6. The minimum atomic E-state index is -0.522. The SMILES string of the molecule is CC[C@]1(O)CC[C@@H](Nc2nc(OC)c3c(-c4ccn5nccc5c4)c[nH]c3n2)CC1. The zero-order valence-corrected chi connectivity index (χ0v) is 17.2. The van der Waals surface area contributed by atoms with E-state index in [2.05, 4.69) is 26.4 Å². The van der Waals surface area contributed by atoms with Crippen LogP contribution in [-0.2, 0) is 0 Å². The molecule has 30 heavy (non-hydrogen) atoms. The van der Waals surface area contributed by atoms with Crippen molar-refractivity contribution in [3.05, 3.63) is 36.8 Å². The molecule has 156 valence electrons. The van der Waals surface area contributed by atoms with Gasteiger partial charge in [0, 0.05) is 30.2 Å². The van der Waals surface area contributed by atoms with E-state index in [1.54, 1.807) is 13.3 Å². The first-order valence-corrected chi connectivity index (χ1v) is 10.4. The van der Waals surface area contributed by atoms with Gasteiger partial charge >= 0.3 is 0 Å². The molecule has 0 amide bonds. The highest BCUT2D eigenvalue weighted by Crippen LogP contribution is 2.36. The predicted molar refractivity (Wildman–Crippen MR) is 116 cm³/mol. The van der Waals surface area contributed by atoms with E-state index in [1.165, 1.54) is 0 Å². The zero-order valence-electron chi connectivity index (χ0n) is 17.2. The van der Waals surface area contributed by atoms with Crippen LogP contribution in [0.5, 0.6) is 5.88 Å². The summed E-state index contributed by atoms with van der Waals surface area (Å²) in [5.41, 5.74) is 3.26. The summed E-state index contributed by atoms with van der Waals surface area (Å²) >= 11 is 0. The van der Waals surface area contributed by atoms with Crippen LogP contribution in [0.4, 0.5) is 5.95 Å². The lowest BCUT2D eigenvalue weighted by Gasteiger charge is -2.35. The van der Waals surface area contributed by atoms with Crippen LogP contribution in [0.2, 0.25) is 0 Å². The topological polar surface area (TPSA) is 100 Å². The van der Waals surface area contributed by atoms with Crippen LogP contribution in [0.25, 0.3) is 27.7 Å². The summed E-state index contributed by atoms with van der Waals surface area (Å²) in [6.45, 7) is 2.04. The first-order valence-electron chi connectivity index (χ1n) is 10.4. The summed E-state index contributed by atoms with van der Waals surface area (Å²) in [5.74, 6) is 1.08. The lowest BCUT2D eigenvalue weighted by atomic mass is 9.80. The van der Waals surface area contributed by atoms with Gasteiger partial charge in [-0.25, -0.2) is 4.52 Å². The van der Waals surface area contributed by atoms with Gasteiger partial charge in [-0.2, -0.15) is 15.1 Å². The van der Waals surface area contributed by atoms with E-state index in [-0.39, 0.29) is 6.04 Å². The molecule has 8 heteroatoms. The molecule has 4 heterocycles. The van der Waals surface area contributed by atoms with E-state index in [9.17, 15) is 5.11 Å². The molecule has 1 aliphatic rings. The number of aliphatic hydroxyl groups is 1. The Morgan fingerprint density at radius 2 is 2.13 bits per heavy atom. The lowest BCUT2D eigenvalue weighted by Crippen LogP contribution is -2.38. The highest BCUT2D eigenvalue weighted by Gasteiger charge is 2.31. The minimum Gasteiger partial charge on any atom is -0.480 e. The van der Waals surface area contributed by atoms with Gasteiger partial charge in [-0.05, 0) is 55.9 Å². The Balaban J connectivity index is 1.46. The molecule has 0 bridgehead atoms. The van der Waals surface area contributed by atoms with Crippen LogP contribution >= 0.6 is 0 Å². The average molecular weight is 406 g/mol.